The standard InChI is InChI=1S/C18H15N3O3S/c1-12(22)13-4-6-14(7-5-13)20-10-19-18-21(11-20)17(23)16(25-18)9-15-3-2-8-24-15/h2-9H,10-11H2,1H3/b16-9-. The molecular formula is C18H15N3O3S. The van der Waals surface area contributed by atoms with Crippen molar-refractivity contribution in [2.45, 2.75) is 13.6 Å². The minimum Gasteiger partial charge on any atom is -0.465 e. The molecule has 7 heteroatoms. The molecule has 1 aliphatic rings. The van der Waals surface area contributed by atoms with Gasteiger partial charge in [-0.1, -0.05) is 11.3 Å². The lowest BCUT2D eigenvalue weighted by molar-refractivity contribution is 0.101. The molecule has 0 fully saturated rings. The van der Waals surface area contributed by atoms with E-state index in [2.05, 4.69) is 4.99 Å². The first-order chi connectivity index (χ1) is 12.1. The fraction of sp³-hybridized carbons (Fsp3) is 0.167. The number of hydrogen-bond donors (Lipinski definition) is 0. The van der Waals surface area contributed by atoms with E-state index in [1.165, 1.54) is 11.3 Å². The first kappa shape index (κ1) is 15.6. The van der Waals surface area contributed by atoms with Crippen LogP contribution in [-0.4, -0.2) is 17.0 Å². The van der Waals surface area contributed by atoms with Gasteiger partial charge in [-0.2, -0.15) is 0 Å². The van der Waals surface area contributed by atoms with Gasteiger partial charge < -0.3 is 9.32 Å². The van der Waals surface area contributed by atoms with E-state index in [0.717, 1.165) is 5.69 Å². The van der Waals surface area contributed by atoms with E-state index in [1.54, 1.807) is 42.0 Å². The summed E-state index contributed by atoms with van der Waals surface area (Å²) in [5.74, 6) is 0.678. The number of hydrogen-bond acceptors (Lipinski definition) is 6. The van der Waals surface area contributed by atoms with Gasteiger partial charge >= 0.3 is 0 Å². The molecule has 0 aliphatic carbocycles. The van der Waals surface area contributed by atoms with E-state index in [-0.39, 0.29) is 11.3 Å². The predicted molar refractivity (Wildman–Crippen MR) is 95.4 cm³/mol. The normalized spacial score (nSPS) is 14.3. The average molecular weight is 353 g/mol. The Morgan fingerprint density at radius 2 is 2.08 bits per heavy atom. The molecule has 3 heterocycles. The third-order valence-electron chi connectivity index (χ3n) is 4.03. The van der Waals surface area contributed by atoms with Crippen molar-refractivity contribution in [1.82, 2.24) is 4.57 Å². The highest BCUT2D eigenvalue weighted by molar-refractivity contribution is 7.07. The number of anilines is 1. The number of fused-ring (bicyclic) bond motifs is 1. The number of aromatic nitrogens is 1. The van der Waals surface area contributed by atoms with Crippen molar-refractivity contribution in [3.8, 4) is 0 Å². The van der Waals surface area contributed by atoms with E-state index < -0.39 is 0 Å². The Morgan fingerprint density at radius 3 is 2.76 bits per heavy atom. The van der Waals surface area contributed by atoms with Crippen molar-refractivity contribution in [1.29, 1.82) is 0 Å². The zero-order valence-electron chi connectivity index (χ0n) is 13.5. The van der Waals surface area contributed by atoms with Crippen LogP contribution < -0.4 is 19.8 Å². The van der Waals surface area contributed by atoms with E-state index in [0.29, 0.717) is 34.0 Å². The van der Waals surface area contributed by atoms with E-state index in [9.17, 15) is 9.59 Å². The van der Waals surface area contributed by atoms with Crippen LogP contribution in [-0.2, 0) is 6.67 Å². The predicted octanol–water partition coefficient (Wildman–Crippen LogP) is 1.59. The minimum absolute atomic E-state index is 0.0318. The Balaban J connectivity index is 1.67. The molecule has 0 spiro atoms. The Kier molecular flexibility index (Phi) is 3.85. The zero-order valence-corrected chi connectivity index (χ0v) is 14.3. The zero-order chi connectivity index (χ0) is 17.4. The van der Waals surface area contributed by atoms with Crippen molar-refractivity contribution >= 4 is 28.9 Å². The molecule has 25 heavy (non-hydrogen) atoms. The molecule has 6 nitrogen and oxygen atoms in total. The summed E-state index contributed by atoms with van der Waals surface area (Å²) in [5.41, 5.74) is 1.51. The molecule has 1 aromatic carbocycles. The molecule has 0 amide bonds. The number of ketones is 1. The second-order valence-corrected chi connectivity index (χ2v) is 6.73. The molecule has 126 valence electrons. The van der Waals surface area contributed by atoms with Gasteiger partial charge in [-0.3, -0.25) is 14.2 Å². The van der Waals surface area contributed by atoms with Crippen molar-refractivity contribution in [3.05, 3.63) is 73.7 Å². The number of rotatable bonds is 3. The molecule has 4 rings (SSSR count). The van der Waals surface area contributed by atoms with Crippen LogP contribution in [0.2, 0.25) is 0 Å². The Morgan fingerprint density at radius 1 is 1.28 bits per heavy atom. The lowest BCUT2D eigenvalue weighted by Crippen LogP contribution is -2.42. The quantitative estimate of drug-likeness (QED) is 0.671. The summed E-state index contributed by atoms with van der Waals surface area (Å²) in [6.07, 6.45) is 3.31. The number of carbonyl (C=O) groups excluding carboxylic acids is 1. The Labute approximate surface area is 147 Å². The molecule has 3 aromatic rings. The molecule has 0 saturated heterocycles. The molecule has 0 atom stereocenters. The van der Waals surface area contributed by atoms with Crippen molar-refractivity contribution in [2.24, 2.45) is 4.99 Å². The topological polar surface area (TPSA) is 67.8 Å². The molecule has 2 aromatic heterocycles. The second-order valence-electron chi connectivity index (χ2n) is 5.73. The third kappa shape index (κ3) is 2.94. The summed E-state index contributed by atoms with van der Waals surface area (Å²) < 4.78 is 7.53. The summed E-state index contributed by atoms with van der Waals surface area (Å²) in [4.78, 5) is 31.2. The number of Topliss-reactive ketones (excluding diaryl/α,β-unsaturated/α-hetero) is 1. The van der Waals surface area contributed by atoms with E-state index >= 15 is 0 Å². The van der Waals surface area contributed by atoms with Crippen LogP contribution in [0.5, 0.6) is 0 Å². The van der Waals surface area contributed by atoms with Gasteiger partial charge in [-0.05, 0) is 43.3 Å². The average Bonchev–Trinajstić information content (AvgIpc) is 3.24. The van der Waals surface area contributed by atoms with Crippen LogP contribution in [0, 0.1) is 0 Å². The number of thiazole rings is 1. The molecular weight excluding hydrogens is 338 g/mol. The lowest BCUT2D eigenvalue weighted by Gasteiger charge is -2.25. The van der Waals surface area contributed by atoms with Crippen LogP contribution in [0.1, 0.15) is 23.0 Å². The van der Waals surface area contributed by atoms with Crippen LogP contribution in [0.3, 0.4) is 0 Å². The molecule has 0 radical (unpaired) electrons. The maximum Gasteiger partial charge on any atom is 0.271 e. The van der Waals surface area contributed by atoms with E-state index in [4.69, 9.17) is 4.42 Å². The number of nitrogens with zero attached hydrogens (tertiary/aromatic N) is 3. The van der Waals surface area contributed by atoms with E-state index in [1.807, 2.05) is 23.1 Å². The number of furan rings is 1. The Bertz CT molecular complexity index is 1090. The fourth-order valence-corrected chi connectivity index (χ4v) is 3.63. The van der Waals surface area contributed by atoms with Crippen LogP contribution >= 0.6 is 11.3 Å². The molecule has 0 bridgehead atoms. The first-order valence-electron chi connectivity index (χ1n) is 7.77. The smallest absolute Gasteiger partial charge is 0.271 e. The monoisotopic (exact) mass is 353 g/mol. The molecule has 0 saturated carbocycles. The second kappa shape index (κ2) is 6.18. The highest BCUT2D eigenvalue weighted by atomic mass is 32.1. The Hall–Kier alpha value is -2.93. The SMILES string of the molecule is CC(=O)c1ccc(N2CN=c3s/c(=C\c4ccco4)c(=O)n3C2)cc1. The third-order valence-corrected chi connectivity index (χ3v) is 5.08. The van der Waals surface area contributed by atoms with Crippen molar-refractivity contribution in [3.63, 3.8) is 0 Å². The van der Waals surface area contributed by atoms with Gasteiger partial charge in [-0.25, -0.2) is 4.99 Å². The van der Waals surface area contributed by atoms with Gasteiger partial charge in [0.15, 0.2) is 10.6 Å². The van der Waals surface area contributed by atoms with Gasteiger partial charge in [0.2, 0.25) is 0 Å². The fourth-order valence-electron chi connectivity index (χ4n) is 2.68. The van der Waals surface area contributed by atoms with Crippen LogP contribution in [0.15, 0.2) is 56.9 Å². The minimum atomic E-state index is -0.0785. The maximum absolute atomic E-state index is 12.6. The van der Waals surface area contributed by atoms with Crippen LogP contribution in [0.4, 0.5) is 5.69 Å². The summed E-state index contributed by atoms with van der Waals surface area (Å²) >= 11 is 1.36. The largest absolute Gasteiger partial charge is 0.465 e. The molecule has 0 N–H and O–H groups in total. The highest BCUT2D eigenvalue weighted by Crippen LogP contribution is 2.17. The lowest BCUT2D eigenvalue weighted by atomic mass is 10.1. The maximum atomic E-state index is 12.6. The van der Waals surface area contributed by atoms with Crippen molar-refractivity contribution < 1.29 is 9.21 Å². The summed E-state index contributed by atoms with van der Waals surface area (Å²) in [7, 11) is 0. The number of carbonyl (C=O) groups is 1. The van der Waals surface area contributed by atoms with Crippen molar-refractivity contribution in [2.75, 3.05) is 11.6 Å². The first-order valence-corrected chi connectivity index (χ1v) is 8.59. The summed E-state index contributed by atoms with van der Waals surface area (Å²) in [5, 5.41) is 0. The highest BCUT2D eigenvalue weighted by Gasteiger charge is 2.16. The van der Waals surface area contributed by atoms with Gasteiger partial charge in [0.1, 0.15) is 19.1 Å². The summed E-state index contributed by atoms with van der Waals surface area (Å²) in [6, 6.07) is 10.9. The summed E-state index contributed by atoms with van der Waals surface area (Å²) in [6.45, 7) is 2.44. The van der Waals surface area contributed by atoms with Gasteiger partial charge in [0.05, 0.1) is 10.8 Å². The van der Waals surface area contributed by atoms with Gasteiger partial charge in [-0.15, -0.1) is 0 Å². The van der Waals surface area contributed by atoms with Crippen LogP contribution in [0.25, 0.3) is 6.08 Å². The molecule has 1 aliphatic heterocycles. The number of benzene rings is 1. The van der Waals surface area contributed by atoms with Gasteiger partial charge in [0.25, 0.3) is 5.56 Å². The van der Waals surface area contributed by atoms with Gasteiger partial charge in [0, 0.05) is 17.3 Å². The molecule has 0 unspecified atom stereocenters.